The van der Waals surface area contributed by atoms with Crippen LogP contribution in [-0.4, -0.2) is 26.9 Å². The van der Waals surface area contributed by atoms with E-state index in [-0.39, 0.29) is 6.61 Å². The van der Waals surface area contributed by atoms with Crippen molar-refractivity contribution in [2.45, 2.75) is 20.1 Å². The highest BCUT2D eigenvalue weighted by Crippen LogP contribution is 2.31. The number of hydrogen-bond donors (Lipinski definition) is 0. The van der Waals surface area contributed by atoms with E-state index in [0.29, 0.717) is 24.7 Å². The lowest BCUT2D eigenvalue weighted by atomic mass is 10.2. The Balaban J connectivity index is 2.97. The zero-order valence-electron chi connectivity index (χ0n) is 11.6. The van der Waals surface area contributed by atoms with Crippen molar-refractivity contribution >= 4 is 0 Å². The van der Waals surface area contributed by atoms with Gasteiger partial charge >= 0.3 is 0 Å². The fraction of sp³-hybridized carbons (Fsp3) is 0.467. The molecule has 0 saturated heterocycles. The second kappa shape index (κ2) is 8.41. The van der Waals surface area contributed by atoms with Crippen molar-refractivity contribution in [3.8, 4) is 23.8 Å². The van der Waals surface area contributed by atoms with Crippen LogP contribution in [0.5, 0.6) is 11.5 Å². The third-order valence-corrected chi connectivity index (χ3v) is 2.41. The number of hydrogen-bond acceptors (Lipinski definition) is 4. The summed E-state index contributed by atoms with van der Waals surface area (Å²) in [4.78, 5) is 0. The molecule has 0 saturated carbocycles. The summed E-state index contributed by atoms with van der Waals surface area (Å²) in [6.07, 6.45) is 4.79. The molecule has 0 spiro atoms. The van der Waals surface area contributed by atoms with Crippen LogP contribution in [0.3, 0.4) is 0 Å². The van der Waals surface area contributed by atoms with Gasteiger partial charge in [-0.25, -0.2) is 0 Å². The number of benzene rings is 1. The van der Waals surface area contributed by atoms with Crippen molar-refractivity contribution in [2.24, 2.45) is 0 Å². The first-order valence-corrected chi connectivity index (χ1v) is 6.24. The number of terminal acetylenes is 1. The molecule has 1 rings (SSSR count). The maximum atomic E-state index is 5.54. The maximum Gasteiger partial charge on any atom is 0.183 e. The van der Waals surface area contributed by atoms with E-state index >= 15 is 0 Å². The Labute approximate surface area is 114 Å². The highest BCUT2D eigenvalue weighted by atomic mass is 16.7. The standard InChI is InChI=1S/C15H20O4/c1-5-10-19-14-11-12(8-9-13(14)16-4)15(17-6-2)18-7-3/h1,8-9,11,15H,6-7,10H2,2-4H3. The number of rotatable bonds is 8. The minimum absolute atomic E-state index is 0.188. The van der Waals surface area contributed by atoms with E-state index in [1.54, 1.807) is 7.11 Å². The molecule has 0 radical (unpaired) electrons. The molecule has 0 bridgehead atoms. The molecule has 0 N–H and O–H groups in total. The minimum Gasteiger partial charge on any atom is -0.493 e. The van der Waals surface area contributed by atoms with Crippen LogP contribution in [-0.2, 0) is 9.47 Å². The Morgan fingerprint density at radius 1 is 1.16 bits per heavy atom. The van der Waals surface area contributed by atoms with Gasteiger partial charge in [0.15, 0.2) is 17.8 Å². The zero-order valence-corrected chi connectivity index (χ0v) is 11.6. The largest absolute Gasteiger partial charge is 0.493 e. The van der Waals surface area contributed by atoms with E-state index in [2.05, 4.69) is 5.92 Å². The Morgan fingerprint density at radius 2 is 1.84 bits per heavy atom. The van der Waals surface area contributed by atoms with Crippen LogP contribution < -0.4 is 9.47 Å². The summed E-state index contributed by atoms with van der Waals surface area (Å²) in [5.74, 6) is 3.64. The topological polar surface area (TPSA) is 36.9 Å². The van der Waals surface area contributed by atoms with E-state index in [1.165, 1.54) is 0 Å². The van der Waals surface area contributed by atoms with Gasteiger partial charge in [-0.15, -0.1) is 6.42 Å². The van der Waals surface area contributed by atoms with Gasteiger partial charge in [0.25, 0.3) is 0 Å². The number of methoxy groups -OCH3 is 1. The van der Waals surface area contributed by atoms with Crippen molar-refractivity contribution in [1.82, 2.24) is 0 Å². The Morgan fingerprint density at radius 3 is 2.37 bits per heavy atom. The zero-order chi connectivity index (χ0) is 14.1. The molecule has 4 heteroatoms. The molecule has 0 amide bonds. The molecule has 104 valence electrons. The van der Waals surface area contributed by atoms with Crippen molar-refractivity contribution in [2.75, 3.05) is 26.9 Å². The van der Waals surface area contributed by atoms with Gasteiger partial charge in [-0.2, -0.15) is 0 Å². The molecule has 0 aromatic heterocycles. The van der Waals surface area contributed by atoms with Crippen molar-refractivity contribution in [1.29, 1.82) is 0 Å². The fourth-order valence-electron chi connectivity index (χ4n) is 1.62. The molecule has 4 nitrogen and oxygen atoms in total. The van der Waals surface area contributed by atoms with Gasteiger partial charge in [0.05, 0.1) is 7.11 Å². The van der Waals surface area contributed by atoms with Gasteiger partial charge in [0.1, 0.15) is 6.61 Å². The molecular formula is C15H20O4. The Bertz CT molecular complexity index is 417. The first-order chi connectivity index (χ1) is 9.26. The van der Waals surface area contributed by atoms with Gasteiger partial charge < -0.3 is 18.9 Å². The maximum absolute atomic E-state index is 5.54. The third-order valence-electron chi connectivity index (χ3n) is 2.41. The van der Waals surface area contributed by atoms with Crippen LogP contribution in [0.2, 0.25) is 0 Å². The highest BCUT2D eigenvalue weighted by Gasteiger charge is 2.14. The van der Waals surface area contributed by atoms with Gasteiger partial charge in [-0.3, -0.25) is 0 Å². The molecule has 0 aliphatic rings. The summed E-state index contributed by atoms with van der Waals surface area (Å²) in [6, 6.07) is 5.52. The van der Waals surface area contributed by atoms with Crippen LogP contribution in [0, 0.1) is 12.3 Å². The molecule has 0 aliphatic carbocycles. The summed E-state index contributed by atoms with van der Waals surface area (Å²) in [6.45, 7) is 5.17. The predicted molar refractivity (Wildman–Crippen MR) is 73.3 cm³/mol. The summed E-state index contributed by atoms with van der Waals surface area (Å²) in [7, 11) is 1.58. The van der Waals surface area contributed by atoms with Crippen LogP contribution in [0.4, 0.5) is 0 Å². The molecule has 0 atom stereocenters. The van der Waals surface area contributed by atoms with Gasteiger partial charge in [0, 0.05) is 18.8 Å². The molecule has 1 aromatic carbocycles. The molecule has 0 unspecified atom stereocenters. The monoisotopic (exact) mass is 264 g/mol. The van der Waals surface area contributed by atoms with Crippen molar-refractivity contribution < 1.29 is 18.9 Å². The average Bonchev–Trinajstić information content (AvgIpc) is 2.44. The highest BCUT2D eigenvalue weighted by molar-refractivity contribution is 5.43. The predicted octanol–water partition coefficient (Wildman–Crippen LogP) is 2.78. The summed E-state index contributed by atoms with van der Waals surface area (Å²) in [5, 5.41) is 0. The Hall–Kier alpha value is -1.70. The Kier molecular flexibility index (Phi) is 6.80. The first-order valence-electron chi connectivity index (χ1n) is 6.24. The molecule has 0 fully saturated rings. The fourth-order valence-corrected chi connectivity index (χ4v) is 1.62. The van der Waals surface area contributed by atoms with Gasteiger partial charge in [0.2, 0.25) is 0 Å². The number of ether oxygens (including phenoxy) is 4. The van der Waals surface area contributed by atoms with Crippen LogP contribution in [0.15, 0.2) is 18.2 Å². The quantitative estimate of drug-likeness (QED) is 0.534. The lowest BCUT2D eigenvalue weighted by Crippen LogP contribution is -2.09. The normalized spacial score (nSPS) is 10.3. The SMILES string of the molecule is C#CCOc1cc(C(OCC)OCC)ccc1OC. The molecule has 1 aromatic rings. The van der Waals surface area contributed by atoms with Crippen LogP contribution >= 0.6 is 0 Å². The summed E-state index contributed by atoms with van der Waals surface area (Å²) < 4.78 is 21.8. The third kappa shape index (κ3) is 4.47. The van der Waals surface area contributed by atoms with E-state index in [4.69, 9.17) is 25.4 Å². The second-order valence-corrected chi connectivity index (χ2v) is 3.65. The van der Waals surface area contributed by atoms with Crippen molar-refractivity contribution in [3.05, 3.63) is 23.8 Å². The summed E-state index contributed by atoms with van der Waals surface area (Å²) >= 11 is 0. The van der Waals surface area contributed by atoms with Crippen LogP contribution in [0.25, 0.3) is 0 Å². The lowest BCUT2D eigenvalue weighted by molar-refractivity contribution is -0.140. The molecule has 19 heavy (non-hydrogen) atoms. The van der Waals surface area contributed by atoms with E-state index < -0.39 is 6.29 Å². The minimum atomic E-state index is -0.408. The summed E-state index contributed by atoms with van der Waals surface area (Å²) in [5.41, 5.74) is 0.872. The molecule has 0 aliphatic heterocycles. The molecule has 0 heterocycles. The van der Waals surface area contributed by atoms with E-state index in [1.807, 2.05) is 32.0 Å². The van der Waals surface area contributed by atoms with Crippen LogP contribution in [0.1, 0.15) is 25.7 Å². The molecular weight excluding hydrogens is 244 g/mol. The average molecular weight is 264 g/mol. The van der Waals surface area contributed by atoms with Gasteiger partial charge in [-0.05, 0) is 26.0 Å². The second-order valence-electron chi connectivity index (χ2n) is 3.65. The lowest BCUT2D eigenvalue weighted by Gasteiger charge is -2.19. The van der Waals surface area contributed by atoms with Gasteiger partial charge in [-0.1, -0.05) is 12.0 Å². The first kappa shape index (κ1) is 15.4. The van der Waals surface area contributed by atoms with E-state index in [0.717, 1.165) is 5.56 Å². The smallest absolute Gasteiger partial charge is 0.183 e. The van der Waals surface area contributed by atoms with E-state index in [9.17, 15) is 0 Å². The van der Waals surface area contributed by atoms with Crippen molar-refractivity contribution in [3.63, 3.8) is 0 Å².